The van der Waals surface area contributed by atoms with Gasteiger partial charge in [-0.25, -0.2) is 4.90 Å². The van der Waals surface area contributed by atoms with Crippen molar-refractivity contribution in [2.24, 2.45) is 11.8 Å². The van der Waals surface area contributed by atoms with Crippen LogP contribution in [0, 0.1) is 18.8 Å². The van der Waals surface area contributed by atoms with E-state index in [0.29, 0.717) is 10.7 Å². The lowest BCUT2D eigenvalue weighted by Gasteiger charge is -2.34. The summed E-state index contributed by atoms with van der Waals surface area (Å²) in [6, 6.07) is 4.90. The van der Waals surface area contributed by atoms with Crippen LogP contribution in [0.25, 0.3) is 0 Å². The number of esters is 2. The summed E-state index contributed by atoms with van der Waals surface area (Å²) in [5.41, 5.74) is -0.417. The predicted octanol–water partition coefficient (Wildman–Crippen LogP) is 1.91. The number of anilines is 1. The maximum atomic E-state index is 13.3. The fourth-order valence-electron chi connectivity index (χ4n) is 4.19. The van der Waals surface area contributed by atoms with Crippen molar-refractivity contribution in [3.8, 4) is 0 Å². The van der Waals surface area contributed by atoms with Gasteiger partial charge in [0.25, 0.3) is 6.29 Å². The van der Waals surface area contributed by atoms with Crippen LogP contribution in [-0.4, -0.2) is 41.7 Å². The molecule has 9 heteroatoms. The number of carbonyl (C=O) groups excluding carboxylic acids is 4. The molecule has 2 fully saturated rings. The van der Waals surface area contributed by atoms with Crippen LogP contribution >= 0.6 is 11.6 Å². The van der Waals surface area contributed by atoms with E-state index in [2.05, 4.69) is 0 Å². The highest BCUT2D eigenvalue weighted by molar-refractivity contribution is 6.32. The van der Waals surface area contributed by atoms with Gasteiger partial charge in [-0.1, -0.05) is 23.7 Å². The van der Waals surface area contributed by atoms with Gasteiger partial charge in [-0.2, -0.15) is 0 Å². The molecule has 0 spiro atoms. The quantitative estimate of drug-likeness (QED) is 0.318. The fourth-order valence-corrected chi connectivity index (χ4v) is 4.37. The molecule has 152 valence electrons. The van der Waals surface area contributed by atoms with Gasteiger partial charge in [0.15, 0.2) is 5.60 Å². The summed E-state index contributed by atoms with van der Waals surface area (Å²) in [4.78, 5) is 50.7. The van der Waals surface area contributed by atoms with E-state index in [1.165, 1.54) is 6.08 Å². The minimum absolute atomic E-state index is 0.344. The van der Waals surface area contributed by atoms with E-state index in [1.807, 2.05) is 6.92 Å². The molecule has 2 saturated heterocycles. The molecular weight excluding hydrogens is 402 g/mol. The number of rotatable bonds is 4. The third kappa shape index (κ3) is 2.86. The zero-order valence-electron chi connectivity index (χ0n) is 15.9. The van der Waals surface area contributed by atoms with Crippen molar-refractivity contribution in [2.45, 2.75) is 38.8 Å². The average molecular weight is 420 g/mol. The summed E-state index contributed by atoms with van der Waals surface area (Å²) >= 11 is 6.17. The molecule has 3 aliphatic rings. The van der Waals surface area contributed by atoms with Crippen molar-refractivity contribution >= 4 is 41.0 Å². The minimum Gasteiger partial charge on any atom is -0.422 e. The summed E-state index contributed by atoms with van der Waals surface area (Å²) in [7, 11) is 0. The number of fused-ring (bicyclic) bond motifs is 5. The van der Waals surface area contributed by atoms with Gasteiger partial charge in [-0.15, -0.1) is 0 Å². The second kappa shape index (κ2) is 6.67. The molecule has 0 aliphatic carbocycles. The van der Waals surface area contributed by atoms with E-state index < -0.39 is 53.6 Å². The van der Waals surface area contributed by atoms with Crippen molar-refractivity contribution in [3.63, 3.8) is 0 Å². The average Bonchev–Trinajstić information content (AvgIpc) is 3.28. The second-order valence-electron chi connectivity index (χ2n) is 7.29. The van der Waals surface area contributed by atoms with Gasteiger partial charge in [0.05, 0.1) is 23.6 Å². The highest BCUT2D eigenvalue weighted by Gasteiger charge is 2.72. The molecule has 0 radical (unpaired) electrons. The number of carbonyl (C=O) groups is 4. The van der Waals surface area contributed by atoms with E-state index in [4.69, 9.17) is 25.8 Å². The number of nitrogens with zero attached hydrogens (tertiary/aromatic N) is 1. The Morgan fingerprint density at radius 1 is 1.17 bits per heavy atom. The van der Waals surface area contributed by atoms with Crippen molar-refractivity contribution in [1.82, 2.24) is 0 Å². The van der Waals surface area contributed by atoms with Crippen LogP contribution < -0.4 is 4.90 Å². The lowest BCUT2D eigenvalue weighted by Crippen LogP contribution is -2.52. The SMILES string of the molecule is CC(=O)OC(OC(C)=O)[C@@]12C=C[C@@H](O1)[C@@H]1C(=O)N(c3ccc(C)c(Cl)c3)C(=O)[C@H]12. The number of benzene rings is 1. The number of hydrogen-bond donors (Lipinski definition) is 0. The molecule has 4 atom stereocenters. The molecule has 0 N–H and O–H groups in total. The number of ether oxygens (including phenoxy) is 3. The smallest absolute Gasteiger partial charge is 0.305 e. The predicted molar refractivity (Wildman–Crippen MR) is 99.7 cm³/mol. The van der Waals surface area contributed by atoms with Crippen LogP contribution in [0.5, 0.6) is 0 Å². The van der Waals surface area contributed by atoms with Gasteiger partial charge in [-0.05, 0) is 30.7 Å². The molecule has 0 saturated carbocycles. The zero-order chi connectivity index (χ0) is 21.1. The Hall–Kier alpha value is -2.71. The highest BCUT2D eigenvalue weighted by Crippen LogP contribution is 2.54. The maximum absolute atomic E-state index is 13.3. The van der Waals surface area contributed by atoms with Crippen LogP contribution in [0.1, 0.15) is 19.4 Å². The molecule has 1 aromatic carbocycles. The molecule has 3 aliphatic heterocycles. The number of halogens is 1. The molecule has 2 amide bonds. The lowest BCUT2D eigenvalue weighted by molar-refractivity contribution is -0.226. The molecule has 3 heterocycles. The van der Waals surface area contributed by atoms with Crippen molar-refractivity contribution in [1.29, 1.82) is 0 Å². The summed E-state index contributed by atoms with van der Waals surface area (Å²) in [6.45, 7) is 4.11. The van der Waals surface area contributed by atoms with E-state index in [1.54, 1.807) is 24.3 Å². The van der Waals surface area contributed by atoms with Crippen molar-refractivity contribution in [3.05, 3.63) is 40.9 Å². The monoisotopic (exact) mass is 419 g/mol. The van der Waals surface area contributed by atoms with Crippen LogP contribution in [0.3, 0.4) is 0 Å². The highest BCUT2D eigenvalue weighted by atomic mass is 35.5. The first-order valence-electron chi connectivity index (χ1n) is 9.01. The summed E-state index contributed by atoms with van der Waals surface area (Å²) in [6.07, 6.45) is 0.965. The Morgan fingerprint density at radius 3 is 2.41 bits per heavy atom. The minimum atomic E-state index is -1.57. The van der Waals surface area contributed by atoms with Gasteiger partial charge >= 0.3 is 11.9 Å². The van der Waals surface area contributed by atoms with Crippen LogP contribution in [-0.2, 0) is 33.4 Å². The molecule has 0 aromatic heterocycles. The number of hydrogen-bond acceptors (Lipinski definition) is 7. The van der Waals surface area contributed by atoms with Crippen LogP contribution in [0.15, 0.2) is 30.4 Å². The largest absolute Gasteiger partial charge is 0.422 e. The summed E-state index contributed by atoms with van der Waals surface area (Å²) in [5.74, 6) is -4.23. The van der Waals surface area contributed by atoms with Gasteiger partial charge < -0.3 is 14.2 Å². The first-order chi connectivity index (χ1) is 13.7. The standard InChI is InChI=1S/C20H18ClNO7/c1-9-4-5-12(8-13(9)21)22-17(25)15-14-6-7-20(29-14,16(15)18(22)26)19(27-10(2)23)28-11(3)24/h4-8,14-16,19H,1-3H3/t14-,15+,16+,20+/m1/s1. The second-order valence-corrected chi connectivity index (χ2v) is 7.70. The third-order valence-electron chi connectivity index (χ3n) is 5.41. The van der Waals surface area contributed by atoms with Crippen LogP contribution in [0.4, 0.5) is 5.69 Å². The van der Waals surface area contributed by atoms with Gasteiger partial charge in [-0.3, -0.25) is 19.2 Å². The van der Waals surface area contributed by atoms with Crippen molar-refractivity contribution in [2.75, 3.05) is 4.90 Å². The van der Waals surface area contributed by atoms with E-state index >= 15 is 0 Å². The molecule has 1 aromatic rings. The van der Waals surface area contributed by atoms with E-state index in [-0.39, 0.29) is 0 Å². The third-order valence-corrected chi connectivity index (χ3v) is 5.81. The first-order valence-corrected chi connectivity index (χ1v) is 9.39. The Bertz CT molecular complexity index is 958. The number of amides is 2. The molecule has 2 bridgehead atoms. The van der Waals surface area contributed by atoms with E-state index in [0.717, 1.165) is 24.3 Å². The normalized spacial score (nSPS) is 29.6. The fraction of sp³-hybridized carbons (Fsp3) is 0.400. The van der Waals surface area contributed by atoms with Crippen molar-refractivity contribution < 1.29 is 33.4 Å². The van der Waals surface area contributed by atoms with Gasteiger partial charge in [0.2, 0.25) is 11.8 Å². The molecule has 4 rings (SSSR count). The zero-order valence-corrected chi connectivity index (χ0v) is 16.6. The Kier molecular flexibility index (Phi) is 4.51. The molecule has 29 heavy (non-hydrogen) atoms. The Morgan fingerprint density at radius 2 is 1.83 bits per heavy atom. The summed E-state index contributed by atoms with van der Waals surface area (Å²) in [5, 5.41) is 0.421. The molecule has 0 unspecified atom stereocenters. The first kappa shape index (κ1) is 19.6. The topological polar surface area (TPSA) is 99.2 Å². The van der Waals surface area contributed by atoms with Gasteiger partial charge in [0.1, 0.15) is 0 Å². The molecular formula is C20H18ClNO7. The molecule has 8 nitrogen and oxygen atoms in total. The maximum Gasteiger partial charge on any atom is 0.305 e. The lowest BCUT2D eigenvalue weighted by atomic mass is 9.76. The van der Waals surface area contributed by atoms with Gasteiger partial charge in [0, 0.05) is 18.9 Å². The van der Waals surface area contributed by atoms with Crippen LogP contribution in [0.2, 0.25) is 5.02 Å². The van der Waals surface area contributed by atoms with E-state index in [9.17, 15) is 19.2 Å². The Labute approximate surface area is 171 Å². The Balaban J connectivity index is 1.75. The summed E-state index contributed by atoms with van der Waals surface area (Å²) < 4.78 is 16.2. The number of aryl methyl sites for hydroxylation is 1. The number of imide groups is 1.